The Morgan fingerprint density at radius 2 is 2.07 bits per heavy atom. The van der Waals surface area contributed by atoms with Gasteiger partial charge in [-0.1, -0.05) is 12.1 Å². The van der Waals surface area contributed by atoms with Crippen molar-refractivity contribution in [2.24, 2.45) is 0 Å². The van der Waals surface area contributed by atoms with Crippen molar-refractivity contribution in [1.29, 1.82) is 0 Å². The van der Waals surface area contributed by atoms with Crippen molar-refractivity contribution in [2.45, 2.75) is 12.5 Å². The van der Waals surface area contributed by atoms with Gasteiger partial charge in [0.25, 0.3) is 0 Å². The molecule has 0 spiro atoms. The number of carboxylic acid groups (broad SMARTS) is 1. The quantitative estimate of drug-likeness (QED) is 0.569. The maximum Gasteiger partial charge on any atom is 0.305 e. The second-order valence-electron chi connectivity index (χ2n) is 3.10. The van der Waals surface area contributed by atoms with Gasteiger partial charge >= 0.3 is 5.97 Å². The van der Waals surface area contributed by atoms with Crippen molar-refractivity contribution in [1.82, 2.24) is 10.9 Å². The number of carbonyl (C=O) groups is 1. The molecule has 0 saturated carbocycles. The van der Waals surface area contributed by atoms with Crippen molar-refractivity contribution in [3.63, 3.8) is 0 Å². The lowest BCUT2D eigenvalue weighted by Crippen LogP contribution is -2.33. The molecule has 0 fully saturated rings. The average molecular weight is 320 g/mol. The molecular weight excluding hydrogens is 307 g/mol. The summed E-state index contributed by atoms with van der Waals surface area (Å²) in [6.07, 6.45) is 0.0570. The third kappa shape index (κ3) is 4.15. The van der Waals surface area contributed by atoms with E-state index >= 15 is 0 Å². The van der Waals surface area contributed by atoms with Crippen LogP contribution in [0.1, 0.15) is 18.0 Å². The molecule has 1 unspecified atom stereocenters. The zero-order valence-electron chi connectivity index (χ0n) is 8.33. The van der Waals surface area contributed by atoms with E-state index in [1.54, 1.807) is 7.05 Å². The maximum atomic E-state index is 10.7. The van der Waals surface area contributed by atoms with Gasteiger partial charge in [-0.25, -0.2) is 0 Å². The van der Waals surface area contributed by atoms with Crippen LogP contribution >= 0.6 is 22.6 Å². The van der Waals surface area contributed by atoms with Gasteiger partial charge < -0.3 is 5.11 Å². The van der Waals surface area contributed by atoms with Crippen LogP contribution in [0.15, 0.2) is 24.3 Å². The Bertz CT molecular complexity index is 327. The van der Waals surface area contributed by atoms with Crippen molar-refractivity contribution in [3.8, 4) is 0 Å². The molecule has 1 rings (SSSR count). The second-order valence-corrected chi connectivity index (χ2v) is 4.34. The number of nitrogens with one attached hydrogen (secondary N) is 2. The number of hydrogen-bond acceptors (Lipinski definition) is 3. The first-order chi connectivity index (χ1) is 7.13. The van der Waals surface area contributed by atoms with Gasteiger partial charge in [-0.2, -0.15) is 0 Å². The molecule has 82 valence electrons. The van der Waals surface area contributed by atoms with Crippen LogP contribution < -0.4 is 10.9 Å². The SMILES string of the molecule is CNNC(CC(=O)O)c1ccc(I)cc1. The van der Waals surface area contributed by atoms with Crippen LogP contribution in [0.2, 0.25) is 0 Å². The minimum absolute atomic E-state index is 0.0570. The van der Waals surface area contributed by atoms with Crippen LogP contribution in [0, 0.1) is 3.57 Å². The Labute approximate surface area is 102 Å². The highest BCUT2D eigenvalue weighted by Gasteiger charge is 2.13. The molecule has 0 radical (unpaired) electrons. The van der Waals surface area contributed by atoms with Gasteiger partial charge in [-0.05, 0) is 47.3 Å². The Hall–Kier alpha value is -0.660. The lowest BCUT2D eigenvalue weighted by Gasteiger charge is -2.16. The van der Waals surface area contributed by atoms with E-state index in [0.717, 1.165) is 9.13 Å². The Kier molecular flexibility index (Phi) is 5.00. The van der Waals surface area contributed by atoms with Crippen LogP contribution in [0.3, 0.4) is 0 Å². The highest BCUT2D eigenvalue weighted by atomic mass is 127. The van der Waals surface area contributed by atoms with Gasteiger partial charge in [0.2, 0.25) is 0 Å². The van der Waals surface area contributed by atoms with Crippen LogP contribution in [0.25, 0.3) is 0 Å². The van der Waals surface area contributed by atoms with Crippen LogP contribution in [0.4, 0.5) is 0 Å². The first kappa shape index (κ1) is 12.4. The summed E-state index contributed by atoms with van der Waals surface area (Å²) in [4.78, 5) is 10.7. The Morgan fingerprint density at radius 3 is 2.53 bits per heavy atom. The molecule has 0 aromatic heterocycles. The van der Waals surface area contributed by atoms with E-state index in [-0.39, 0.29) is 12.5 Å². The molecule has 3 N–H and O–H groups in total. The van der Waals surface area contributed by atoms with Crippen LogP contribution in [-0.4, -0.2) is 18.1 Å². The zero-order chi connectivity index (χ0) is 11.3. The fraction of sp³-hybridized carbons (Fsp3) is 0.300. The summed E-state index contributed by atoms with van der Waals surface area (Å²) in [5.41, 5.74) is 6.65. The van der Waals surface area contributed by atoms with Crippen molar-refractivity contribution >= 4 is 28.6 Å². The third-order valence-corrected chi connectivity index (χ3v) is 2.69. The maximum absolute atomic E-state index is 10.7. The van der Waals surface area contributed by atoms with E-state index < -0.39 is 5.97 Å². The highest BCUT2D eigenvalue weighted by Crippen LogP contribution is 2.17. The van der Waals surface area contributed by atoms with Crippen LogP contribution in [-0.2, 0) is 4.79 Å². The smallest absolute Gasteiger partial charge is 0.305 e. The lowest BCUT2D eigenvalue weighted by molar-refractivity contribution is -0.137. The molecule has 0 aliphatic heterocycles. The topological polar surface area (TPSA) is 61.4 Å². The molecule has 4 nitrogen and oxygen atoms in total. The Morgan fingerprint density at radius 1 is 1.47 bits per heavy atom. The van der Waals surface area contributed by atoms with Gasteiger partial charge in [0.1, 0.15) is 0 Å². The van der Waals surface area contributed by atoms with Gasteiger partial charge in [-0.3, -0.25) is 15.6 Å². The van der Waals surface area contributed by atoms with Crippen LogP contribution in [0.5, 0.6) is 0 Å². The van der Waals surface area contributed by atoms with Gasteiger partial charge in [-0.15, -0.1) is 0 Å². The van der Waals surface area contributed by atoms with Gasteiger partial charge in [0.05, 0.1) is 12.5 Å². The lowest BCUT2D eigenvalue weighted by atomic mass is 10.0. The first-order valence-electron chi connectivity index (χ1n) is 4.53. The third-order valence-electron chi connectivity index (χ3n) is 1.97. The van der Waals surface area contributed by atoms with Crippen molar-refractivity contribution < 1.29 is 9.90 Å². The number of aliphatic carboxylic acids is 1. The molecule has 0 heterocycles. The number of hydrazine groups is 1. The number of hydrogen-bond donors (Lipinski definition) is 3. The van der Waals surface area contributed by atoms with E-state index in [9.17, 15) is 4.79 Å². The molecule has 0 saturated heterocycles. The van der Waals surface area contributed by atoms with E-state index in [1.165, 1.54) is 0 Å². The largest absolute Gasteiger partial charge is 0.481 e. The summed E-state index contributed by atoms with van der Waals surface area (Å²) in [5, 5.41) is 8.76. The van der Waals surface area contributed by atoms with E-state index in [1.807, 2.05) is 24.3 Å². The second kappa shape index (κ2) is 6.04. The summed E-state index contributed by atoms with van der Waals surface area (Å²) in [7, 11) is 1.72. The van der Waals surface area contributed by atoms with E-state index in [2.05, 4.69) is 33.4 Å². The standard InChI is InChI=1S/C10H13IN2O2/c1-12-13-9(6-10(14)15)7-2-4-8(11)5-3-7/h2-5,9,12-13H,6H2,1H3,(H,14,15). The number of benzene rings is 1. The molecule has 0 bridgehead atoms. The predicted molar refractivity (Wildman–Crippen MR) is 66.3 cm³/mol. The molecule has 1 aromatic rings. The molecule has 0 aliphatic rings. The van der Waals surface area contributed by atoms with E-state index in [0.29, 0.717) is 0 Å². The first-order valence-corrected chi connectivity index (χ1v) is 5.61. The fourth-order valence-electron chi connectivity index (χ4n) is 1.30. The number of halogens is 1. The summed E-state index contributed by atoms with van der Waals surface area (Å²) in [6, 6.07) is 7.58. The van der Waals surface area contributed by atoms with E-state index in [4.69, 9.17) is 5.11 Å². The van der Waals surface area contributed by atoms with Crippen molar-refractivity contribution in [3.05, 3.63) is 33.4 Å². The monoisotopic (exact) mass is 320 g/mol. The molecular formula is C10H13IN2O2. The minimum atomic E-state index is -0.818. The number of carboxylic acids is 1. The van der Waals surface area contributed by atoms with Gasteiger partial charge in [0.15, 0.2) is 0 Å². The molecule has 1 atom stereocenters. The summed E-state index contributed by atoms with van der Waals surface area (Å²) < 4.78 is 1.13. The summed E-state index contributed by atoms with van der Waals surface area (Å²) in [6.45, 7) is 0. The minimum Gasteiger partial charge on any atom is -0.481 e. The predicted octanol–water partition coefficient (Wildman–Crippen LogP) is 1.53. The average Bonchev–Trinajstić information content (AvgIpc) is 2.17. The van der Waals surface area contributed by atoms with Gasteiger partial charge in [0, 0.05) is 3.57 Å². The fourth-order valence-corrected chi connectivity index (χ4v) is 1.66. The molecule has 15 heavy (non-hydrogen) atoms. The highest BCUT2D eigenvalue weighted by molar-refractivity contribution is 14.1. The normalized spacial score (nSPS) is 12.4. The molecule has 0 aliphatic carbocycles. The number of rotatable bonds is 5. The molecule has 1 aromatic carbocycles. The summed E-state index contributed by atoms with van der Waals surface area (Å²) in [5.74, 6) is -0.818. The Balaban J connectivity index is 2.78. The molecule has 5 heteroatoms. The zero-order valence-corrected chi connectivity index (χ0v) is 10.5. The van der Waals surface area contributed by atoms with Crippen molar-refractivity contribution in [2.75, 3.05) is 7.05 Å². The molecule has 0 amide bonds. The summed E-state index contributed by atoms with van der Waals surface area (Å²) >= 11 is 2.21.